The third kappa shape index (κ3) is 4.24. The van der Waals surface area contributed by atoms with E-state index in [1.54, 1.807) is 0 Å². The van der Waals surface area contributed by atoms with Crippen molar-refractivity contribution in [3.63, 3.8) is 0 Å². The molecule has 0 fully saturated rings. The fourth-order valence-electron chi connectivity index (χ4n) is 4.54. The number of rotatable bonds is 3. The van der Waals surface area contributed by atoms with Crippen LogP contribution in [0.3, 0.4) is 0 Å². The van der Waals surface area contributed by atoms with Gasteiger partial charge in [0.05, 0.1) is 16.6 Å². The molecule has 2 aromatic heterocycles. The summed E-state index contributed by atoms with van der Waals surface area (Å²) in [6.07, 6.45) is 0. The second-order valence-electron chi connectivity index (χ2n) is 8.99. The highest BCUT2D eigenvalue weighted by atomic mass is 15.0. The van der Waals surface area contributed by atoms with Gasteiger partial charge < -0.3 is 0 Å². The molecule has 0 amide bonds. The number of imidazole rings is 1. The Hall–Kier alpha value is -2.87. The van der Waals surface area contributed by atoms with Gasteiger partial charge in [0, 0.05) is 10.8 Å². The third-order valence-corrected chi connectivity index (χ3v) is 6.59. The first-order chi connectivity index (χ1) is 16.0. The van der Waals surface area contributed by atoms with E-state index in [1.165, 1.54) is 38.3 Å². The number of fused-ring (bicyclic) bond motifs is 8. The topological polar surface area (TPSA) is 17.3 Å². The highest BCUT2D eigenvalue weighted by molar-refractivity contribution is 6.15. The molecular weight excluding hydrogens is 400 g/mol. The molecule has 0 saturated carbocycles. The van der Waals surface area contributed by atoms with Gasteiger partial charge in [-0.05, 0) is 52.5 Å². The molecule has 0 spiro atoms. The molecule has 2 heterocycles. The van der Waals surface area contributed by atoms with Crippen LogP contribution < -0.4 is 0 Å². The van der Waals surface area contributed by atoms with E-state index in [1.807, 2.05) is 27.7 Å². The van der Waals surface area contributed by atoms with Crippen LogP contribution >= 0.6 is 0 Å². The van der Waals surface area contributed by atoms with Gasteiger partial charge in [0.2, 0.25) is 0 Å². The first-order valence-corrected chi connectivity index (χ1v) is 12.7. The Morgan fingerprint density at radius 1 is 0.697 bits per heavy atom. The van der Waals surface area contributed by atoms with Crippen LogP contribution in [-0.2, 0) is 0 Å². The number of hydrogen-bond donors (Lipinski definition) is 0. The molecule has 174 valence electrons. The minimum Gasteiger partial charge on any atom is -0.292 e. The molecule has 3 aromatic carbocycles. The van der Waals surface area contributed by atoms with Crippen molar-refractivity contribution in [1.82, 2.24) is 9.38 Å². The number of pyridine rings is 1. The number of benzene rings is 3. The van der Waals surface area contributed by atoms with Crippen molar-refractivity contribution >= 4 is 38.4 Å². The Balaban J connectivity index is 0.000000728. The number of aromatic nitrogens is 2. The Bertz CT molecular complexity index is 1370. The van der Waals surface area contributed by atoms with E-state index in [4.69, 9.17) is 4.98 Å². The molecule has 1 unspecified atom stereocenters. The van der Waals surface area contributed by atoms with Crippen molar-refractivity contribution in [3.05, 3.63) is 71.8 Å². The van der Waals surface area contributed by atoms with Crippen molar-refractivity contribution in [3.8, 4) is 0 Å². The Kier molecular flexibility index (Phi) is 7.79. The lowest BCUT2D eigenvalue weighted by atomic mass is 9.86. The summed E-state index contributed by atoms with van der Waals surface area (Å²) < 4.78 is 2.38. The Labute approximate surface area is 199 Å². The first kappa shape index (κ1) is 24.8. The zero-order chi connectivity index (χ0) is 24.3. The maximum Gasteiger partial charge on any atom is 0.146 e. The van der Waals surface area contributed by atoms with E-state index in [2.05, 4.69) is 99.7 Å². The van der Waals surface area contributed by atoms with Gasteiger partial charge in [-0.3, -0.25) is 4.40 Å². The molecule has 0 bridgehead atoms. The van der Waals surface area contributed by atoms with Crippen molar-refractivity contribution < 1.29 is 0 Å². The summed E-state index contributed by atoms with van der Waals surface area (Å²) in [5.41, 5.74) is 7.33. The van der Waals surface area contributed by atoms with Crippen LogP contribution in [0.4, 0.5) is 0 Å². The lowest BCUT2D eigenvalue weighted by Crippen LogP contribution is -2.04. The van der Waals surface area contributed by atoms with Crippen LogP contribution in [0.15, 0.2) is 60.7 Å². The van der Waals surface area contributed by atoms with Crippen LogP contribution in [0, 0.1) is 5.92 Å². The summed E-state index contributed by atoms with van der Waals surface area (Å²) in [5, 5.41) is 3.90. The van der Waals surface area contributed by atoms with E-state index in [0.29, 0.717) is 17.8 Å². The lowest BCUT2D eigenvalue weighted by molar-refractivity contribution is 0.538. The van der Waals surface area contributed by atoms with Gasteiger partial charge in [-0.2, -0.15) is 0 Å². The molecule has 0 radical (unpaired) electrons. The molecule has 33 heavy (non-hydrogen) atoms. The third-order valence-electron chi connectivity index (χ3n) is 6.59. The minimum atomic E-state index is 0.467. The minimum absolute atomic E-state index is 0.467. The standard InChI is InChI=1S/C27H28N2.2C2H6/c1-16(2)18(5)20-10-8-11-22-21-9-6-7-12-24(21)29-25-15-19(17(3)4)13-14-23(25)28-27(29)26(20)22;2*1-2/h6-18H,1-5H3;2*1-2H3. The molecule has 5 aromatic rings. The molecule has 1 atom stereocenters. The van der Waals surface area contributed by atoms with Crippen LogP contribution in [-0.4, -0.2) is 9.38 Å². The van der Waals surface area contributed by atoms with Crippen LogP contribution in [0.2, 0.25) is 0 Å². The monoisotopic (exact) mass is 440 g/mol. The molecule has 0 aliphatic rings. The van der Waals surface area contributed by atoms with Gasteiger partial charge in [-0.1, -0.05) is 105 Å². The van der Waals surface area contributed by atoms with Crippen molar-refractivity contribution in [1.29, 1.82) is 0 Å². The first-order valence-electron chi connectivity index (χ1n) is 12.7. The van der Waals surface area contributed by atoms with Gasteiger partial charge >= 0.3 is 0 Å². The summed E-state index contributed by atoms with van der Waals surface area (Å²) in [6.45, 7) is 19.4. The molecule has 0 saturated heterocycles. The molecule has 0 N–H and O–H groups in total. The van der Waals surface area contributed by atoms with E-state index in [9.17, 15) is 0 Å². The smallest absolute Gasteiger partial charge is 0.146 e. The van der Waals surface area contributed by atoms with Gasteiger partial charge in [-0.15, -0.1) is 0 Å². The van der Waals surface area contributed by atoms with Crippen molar-refractivity contribution in [2.45, 2.75) is 74.1 Å². The zero-order valence-corrected chi connectivity index (χ0v) is 21.9. The fourth-order valence-corrected chi connectivity index (χ4v) is 4.54. The SMILES string of the molecule is CC.CC.CC(C)c1ccc2nc3c4c(C(C)C(C)C)cccc4c4ccccc4n3c2c1. The quantitative estimate of drug-likeness (QED) is 0.255. The predicted octanol–water partition coefficient (Wildman–Crippen LogP) is 9.73. The molecule has 2 nitrogen and oxygen atoms in total. The predicted molar refractivity (Wildman–Crippen MR) is 148 cm³/mol. The molecule has 5 rings (SSSR count). The molecule has 0 aliphatic heterocycles. The number of hydrogen-bond acceptors (Lipinski definition) is 1. The second kappa shape index (κ2) is 10.4. The summed E-state index contributed by atoms with van der Waals surface area (Å²) >= 11 is 0. The Morgan fingerprint density at radius 2 is 1.36 bits per heavy atom. The molecular formula is C31H40N2. The summed E-state index contributed by atoms with van der Waals surface area (Å²) in [4.78, 5) is 5.16. The maximum atomic E-state index is 5.16. The average Bonchev–Trinajstić information content (AvgIpc) is 3.24. The largest absolute Gasteiger partial charge is 0.292 e. The summed E-state index contributed by atoms with van der Waals surface area (Å²) in [5.74, 6) is 1.53. The van der Waals surface area contributed by atoms with Crippen molar-refractivity contribution in [2.75, 3.05) is 0 Å². The maximum absolute atomic E-state index is 5.16. The summed E-state index contributed by atoms with van der Waals surface area (Å²) in [6, 6.07) is 22.2. The van der Waals surface area contributed by atoms with Crippen LogP contribution in [0.5, 0.6) is 0 Å². The normalized spacial score (nSPS) is 12.2. The van der Waals surface area contributed by atoms with E-state index >= 15 is 0 Å². The fraction of sp³-hybridized carbons (Fsp3) is 0.387. The highest BCUT2D eigenvalue weighted by Crippen LogP contribution is 2.38. The van der Waals surface area contributed by atoms with E-state index in [0.717, 1.165) is 11.2 Å². The number of nitrogens with zero attached hydrogens (tertiary/aromatic N) is 2. The molecule has 2 heteroatoms. The second-order valence-corrected chi connectivity index (χ2v) is 8.99. The average molecular weight is 441 g/mol. The van der Waals surface area contributed by atoms with Gasteiger partial charge in [0.1, 0.15) is 5.65 Å². The van der Waals surface area contributed by atoms with Gasteiger partial charge in [-0.25, -0.2) is 4.98 Å². The van der Waals surface area contributed by atoms with Gasteiger partial charge in [0.25, 0.3) is 0 Å². The zero-order valence-electron chi connectivity index (χ0n) is 21.9. The van der Waals surface area contributed by atoms with E-state index in [-0.39, 0.29) is 0 Å². The lowest BCUT2D eigenvalue weighted by Gasteiger charge is -2.20. The Morgan fingerprint density at radius 3 is 2.03 bits per heavy atom. The number of para-hydroxylation sites is 1. The highest BCUT2D eigenvalue weighted by Gasteiger charge is 2.20. The van der Waals surface area contributed by atoms with Gasteiger partial charge in [0.15, 0.2) is 0 Å². The summed E-state index contributed by atoms with van der Waals surface area (Å²) in [7, 11) is 0. The van der Waals surface area contributed by atoms with Crippen LogP contribution in [0.1, 0.15) is 85.3 Å². The van der Waals surface area contributed by atoms with Crippen LogP contribution in [0.25, 0.3) is 38.4 Å². The molecule has 0 aliphatic carbocycles. The van der Waals surface area contributed by atoms with Crippen molar-refractivity contribution in [2.24, 2.45) is 5.92 Å². The van der Waals surface area contributed by atoms with E-state index < -0.39 is 0 Å².